The van der Waals surface area contributed by atoms with Crippen LogP contribution in [0.1, 0.15) is 5.56 Å². The summed E-state index contributed by atoms with van der Waals surface area (Å²) < 4.78 is 11.1. The molecule has 0 bridgehead atoms. The van der Waals surface area contributed by atoms with Crippen LogP contribution in [-0.4, -0.2) is 37.6 Å². The third kappa shape index (κ3) is 4.81. The third-order valence-electron chi connectivity index (χ3n) is 3.31. The van der Waals surface area contributed by atoms with Crippen molar-refractivity contribution in [3.8, 4) is 11.5 Å². The first-order valence-electron chi connectivity index (χ1n) is 7.27. The van der Waals surface area contributed by atoms with Gasteiger partial charge in [0.15, 0.2) is 6.61 Å². The molecule has 1 amide bonds. The average molecular weight is 299 g/mol. The van der Waals surface area contributed by atoms with Crippen LogP contribution in [0.25, 0.3) is 0 Å². The van der Waals surface area contributed by atoms with Crippen molar-refractivity contribution >= 4 is 5.91 Å². The Kier molecular flexibility index (Phi) is 5.83. The highest BCUT2D eigenvalue weighted by molar-refractivity contribution is 5.77. The second-order valence-electron chi connectivity index (χ2n) is 5.03. The molecule has 4 nitrogen and oxygen atoms in total. The molecule has 4 heteroatoms. The van der Waals surface area contributed by atoms with Crippen LogP contribution in [0.4, 0.5) is 0 Å². The fourth-order valence-electron chi connectivity index (χ4n) is 1.91. The Labute approximate surface area is 131 Å². The fourth-order valence-corrected chi connectivity index (χ4v) is 1.91. The zero-order valence-electron chi connectivity index (χ0n) is 13.0. The molecule has 0 aliphatic carbocycles. The summed E-state index contributed by atoms with van der Waals surface area (Å²) in [6.07, 6.45) is 0. The van der Waals surface area contributed by atoms with E-state index in [0.29, 0.717) is 18.9 Å². The van der Waals surface area contributed by atoms with Crippen molar-refractivity contribution in [2.75, 3.05) is 26.8 Å². The van der Waals surface area contributed by atoms with Crippen LogP contribution < -0.4 is 9.47 Å². The molecule has 2 aromatic rings. The number of carbonyl (C=O) groups is 1. The Morgan fingerprint density at radius 3 is 2.41 bits per heavy atom. The average Bonchev–Trinajstić information content (AvgIpc) is 2.55. The molecule has 0 N–H and O–H groups in total. The van der Waals surface area contributed by atoms with E-state index in [0.717, 1.165) is 11.3 Å². The van der Waals surface area contributed by atoms with Gasteiger partial charge in [0.2, 0.25) is 0 Å². The van der Waals surface area contributed by atoms with Crippen molar-refractivity contribution in [1.29, 1.82) is 0 Å². The van der Waals surface area contributed by atoms with Crippen LogP contribution in [0, 0.1) is 6.92 Å². The molecule has 0 radical (unpaired) electrons. The first kappa shape index (κ1) is 15.9. The number of nitrogens with zero attached hydrogens (tertiary/aromatic N) is 1. The smallest absolute Gasteiger partial charge is 0.260 e. The molecule has 0 fully saturated rings. The molecule has 0 aromatic heterocycles. The molecule has 0 saturated heterocycles. The van der Waals surface area contributed by atoms with Crippen molar-refractivity contribution in [3.05, 3.63) is 60.2 Å². The van der Waals surface area contributed by atoms with Gasteiger partial charge in [0.1, 0.15) is 18.1 Å². The summed E-state index contributed by atoms with van der Waals surface area (Å²) in [5.41, 5.74) is 1.09. The van der Waals surface area contributed by atoms with Crippen LogP contribution in [0.2, 0.25) is 0 Å². The maximum atomic E-state index is 12.0. The minimum Gasteiger partial charge on any atom is -0.491 e. The highest BCUT2D eigenvalue weighted by Gasteiger charge is 2.09. The van der Waals surface area contributed by atoms with Crippen LogP contribution in [0.15, 0.2) is 54.6 Å². The lowest BCUT2D eigenvalue weighted by atomic mass is 10.2. The maximum Gasteiger partial charge on any atom is 0.260 e. The molecule has 116 valence electrons. The molecular formula is C18H21NO3. The molecule has 0 atom stereocenters. The van der Waals surface area contributed by atoms with Gasteiger partial charge in [-0.25, -0.2) is 0 Å². The number of hydrogen-bond donors (Lipinski definition) is 0. The van der Waals surface area contributed by atoms with Gasteiger partial charge >= 0.3 is 0 Å². The van der Waals surface area contributed by atoms with Crippen LogP contribution in [0.5, 0.6) is 11.5 Å². The van der Waals surface area contributed by atoms with Gasteiger partial charge in [0, 0.05) is 7.05 Å². The van der Waals surface area contributed by atoms with Crippen molar-refractivity contribution in [2.45, 2.75) is 6.92 Å². The van der Waals surface area contributed by atoms with Gasteiger partial charge in [-0.2, -0.15) is 0 Å². The summed E-state index contributed by atoms with van der Waals surface area (Å²) in [7, 11) is 1.75. The topological polar surface area (TPSA) is 38.8 Å². The van der Waals surface area contributed by atoms with Gasteiger partial charge in [0.25, 0.3) is 5.91 Å². The number of hydrogen-bond acceptors (Lipinski definition) is 3. The van der Waals surface area contributed by atoms with Crippen molar-refractivity contribution in [3.63, 3.8) is 0 Å². The lowest BCUT2D eigenvalue weighted by molar-refractivity contribution is -0.132. The summed E-state index contributed by atoms with van der Waals surface area (Å²) in [5.74, 6) is 1.47. The lowest BCUT2D eigenvalue weighted by Crippen LogP contribution is -2.34. The van der Waals surface area contributed by atoms with Crippen LogP contribution in [0.3, 0.4) is 0 Å². The van der Waals surface area contributed by atoms with Crippen LogP contribution in [-0.2, 0) is 4.79 Å². The molecular weight excluding hydrogens is 278 g/mol. The fraction of sp³-hybridized carbons (Fsp3) is 0.278. The van der Waals surface area contributed by atoms with Crippen molar-refractivity contribution in [1.82, 2.24) is 4.90 Å². The monoisotopic (exact) mass is 299 g/mol. The van der Waals surface area contributed by atoms with E-state index < -0.39 is 0 Å². The van der Waals surface area contributed by atoms with Gasteiger partial charge in [-0.1, -0.05) is 36.4 Å². The molecule has 0 unspecified atom stereocenters. The zero-order valence-corrected chi connectivity index (χ0v) is 13.0. The largest absolute Gasteiger partial charge is 0.491 e. The summed E-state index contributed by atoms with van der Waals surface area (Å²) in [6, 6.07) is 17.1. The number of aryl methyl sites for hydroxylation is 1. The van der Waals surface area contributed by atoms with E-state index in [4.69, 9.17) is 9.47 Å². The summed E-state index contributed by atoms with van der Waals surface area (Å²) >= 11 is 0. The number of para-hydroxylation sites is 2. The summed E-state index contributed by atoms with van der Waals surface area (Å²) in [6.45, 7) is 3.01. The lowest BCUT2D eigenvalue weighted by Gasteiger charge is -2.18. The first-order chi connectivity index (χ1) is 10.7. The predicted octanol–water partition coefficient (Wildman–Crippen LogP) is 2.91. The molecule has 0 aliphatic rings. The Bertz CT molecular complexity index is 598. The number of rotatable bonds is 7. The number of carbonyl (C=O) groups excluding carboxylic acids is 1. The predicted molar refractivity (Wildman–Crippen MR) is 86.2 cm³/mol. The highest BCUT2D eigenvalue weighted by atomic mass is 16.5. The maximum absolute atomic E-state index is 12.0. The van der Waals surface area contributed by atoms with Gasteiger partial charge in [0.05, 0.1) is 6.54 Å². The minimum atomic E-state index is -0.0720. The Hall–Kier alpha value is -2.49. The Balaban J connectivity index is 1.71. The minimum absolute atomic E-state index is 0.0326. The second kappa shape index (κ2) is 8.08. The van der Waals surface area contributed by atoms with Gasteiger partial charge in [-0.05, 0) is 30.7 Å². The molecule has 2 aromatic carbocycles. The van der Waals surface area contributed by atoms with Crippen molar-refractivity contribution < 1.29 is 14.3 Å². The first-order valence-corrected chi connectivity index (χ1v) is 7.27. The molecule has 0 heterocycles. The van der Waals surface area contributed by atoms with E-state index in [9.17, 15) is 4.79 Å². The van der Waals surface area contributed by atoms with E-state index in [1.165, 1.54) is 0 Å². The summed E-state index contributed by atoms with van der Waals surface area (Å²) in [4.78, 5) is 13.6. The molecule has 0 aliphatic heterocycles. The molecule has 2 rings (SSSR count). The Morgan fingerprint density at radius 1 is 1.00 bits per heavy atom. The molecule has 0 spiro atoms. The zero-order chi connectivity index (χ0) is 15.8. The van der Waals surface area contributed by atoms with Gasteiger partial charge < -0.3 is 14.4 Å². The van der Waals surface area contributed by atoms with E-state index in [2.05, 4.69) is 0 Å². The van der Waals surface area contributed by atoms with Crippen molar-refractivity contribution in [2.24, 2.45) is 0 Å². The van der Waals surface area contributed by atoms with E-state index in [-0.39, 0.29) is 12.5 Å². The summed E-state index contributed by atoms with van der Waals surface area (Å²) in [5, 5.41) is 0. The number of amides is 1. The van der Waals surface area contributed by atoms with E-state index >= 15 is 0 Å². The normalized spacial score (nSPS) is 10.1. The number of likely N-dealkylation sites (N-methyl/N-ethyl adjacent to an activating group) is 1. The van der Waals surface area contributed by atoms with E-state index in [1.54, 1.807) is 11.9 Å². The quantitative estimate of drug-likeness (QED) is 0.789. The van der Waals surface area contributed by atoms with Gasteiger partial charge in [-0.3, -0.25) is 4.79 Å². The van der Waals surface area contributed by atoms with E-state index in [1.807, 2.05) is 61.5 Å². The Morgan fingerprint density at radius 2 is 1.68 bits per heavy atom. The third-order valence-corrected chi connectivity index (χ3v) is 3.31. The molecule has 0 saturated carbocycles. The van der Waals surface area contributed by atoms with Gasteiger partial charge in [-0.15, -0.1) is 0 Å². The second-order valence-corrected chi connectivity index (χ2v) is 5.03. The standard InChI is InChI=1S/C18H21NO3/c1-15-8-6-7-11-17(15)21-13-12-19(2)18(20)14-22-16-9-4-3-5-10-16/h3-11H,12-14H2,1-2H3. The highest BCUT2D eigenvalue weighted by Crippen LogP contribution is 2.15. The number of benzene rings is 2. The molecule has 22 heavy (non-hydrogen) atoms. The SMILES string of the molecule is Cc1ccccc1OCCN(C)C(=O)COc1ccccc1. The van der Waals surface area contributed by atoms with Crippen LogP contribution >= 0.6 is 0 Å². The number of ether oxygens (including phenoxy) is 2.